The van der Waals surface area contributed by atoms with E-state index >= 15 is 0 Å². The third-order valence-electron chi connectivity index (χ3n) is 5.96. The number of likely N-dealkylation sites (tertiary alicyclic amines) is 1. The lowest BCUT2D eigenvalue weighted by molar-refractivity contribution is -0.137. The summed E-state index contributed by atoms with van der Waals surface area (Å²) in [5.74, 6) is 0.536. The zero-order valence-corrected chi connectivity index (χ0v) is 19.9. The van der Waals surface area contributed by atoms with Crippen molar-refractivity contribution in [2.24, 2.45) is 0 Å². The number of benzene rings is 2. The van der Waals surface area contributed by atoms with Crippen LogP contribution < -0.4 is 9.62 Å². The standard InChI is InChI=1S/C23H28F3N3O2S2/c24-23(25,26)18-6-4-7-20(16-18)33(30,31)29-14-15-32-22-9-8-19(17-21(22)29)27-10-5-13-28-11-2-1-3-12-28/h4,6-9,16-17,27H,1-3,5,10-15H2. The molecule has 1 N–H and O–H groups in total. The summed E-state index contributed by atoms with van der Waals surface area (Å²) in [6.45, 7) is 4.30. The van der Waals surface area contributed by atoms with Crippen LogP contribution in [0.15, 0.2) is 52.3 Å². The van der Waals surface area contributed by atoms with Gasteiger partial charge in [-0.25, -0.2) is 8.42 Å². The number of rotatable bonds is 7. The lowest BCUT2D eigenvalue weighted by Crippen LogP contribution is -2.35. The number of hydrogen-bond acceptors (Lipinski definition) is 5. The van der Waals surface area contributed by atoms with Crippen LogP contribution in [0.4, 0.5) is 24.5 Å². The van der Waals surface area contributed by atoms with Crippen LogP contribution in [0.5, 0.6) is 0 Å². The zero-order valence-electron chi connectivity index (χ0n) is 18.3. The average molecular weight is 500 g/mol. The van der Waals surface area contributed by atoms with E-state index in [2.05, 4.69) is 10.2 Å². The SMILES string of the molecule is O=S(=O)(c1cccc(C(F)(F)F)c1)N1CCSc2ccc(NCCCN3CCCCC3)cc21. The van der Waals surface area contributed by atoms with E-state index in [-0.39, 0.29) is 11.4 Å². The van der Waals surface area contributed by atoms with Gasteiger partial charge in [0.05, 0.1) is 16.1 Å². The van der Waals surface area contributed by atoms with Gasteiger partial charge in [0, 0.05) is 29.4 Å². The highest BCUT2D eigenvalue weighted by molar-refractivity contribution is 8.00. The summed E-state index contributed by atoms with van der Waals surface area (Å²) in [6.07, 6.45) is 0.199. The van der Waals surface area contributed by atoms with Gasteiger partial charge in [-0.15, -0.1) is 11.8 Å². The number of nitrogens with one attached hydrogen (secondary N) is 1. The van der Waals surface area contributed by atoms with E-state index in [4.69, 9.17) is 0 Å². The maximum atomic E-state index is 13.3. The van der Waals surface area contributed by atoms with Crippen molar-refractivity contribution in [3.63, 3.8) is 0 Å². The highest BCUT2D eigenvalue weighted by Crippen LogP contribution is 2.40. The van der Waals surface area contributed by atoms with Crippen LogP contribution in [-0.4, -0.2) is 51.8 Å². The predicted molar refractivity (Wildman–Crippen MR) is 127 cm³/mol. The number of fused-ring (bicyclic) bond motifs is 1. The molecule has 0 radical (unpaired) electrons. The van der Waals surface area contributed by atoms with Crippen molar-refractivity contribution in [3.05, 3.63) is 48.0 Å². The molecule has 2 aliphatic rings. The van der Waals surface area contributed by atoms with E-state index in [0.717, 1.165) is 55.3 Å². The molecule has 0 atom stereocenters. The number of alkyl halides is 3. The van der Waals surface area contributed by atoms with Gasteiger partial charge >= 0.3 is 6.18 Å². The van der Waals surface area contributed by atoms with Crippen molar-refractivity contribution < 1.29 is 21.6 Å². The molecule has 0 unspecified atom stereocenters. The van der Waals surface area contributed by atoms with Crippen LogP contribution in [-0.2, 0) is 16.2 Å². The number of nitrogens with zero attached hydrogens (tertiary/aromatic N) is 2. The molecule has 10 heteroatoms. The van der Waals surface area contributed by atoms with Crippen LogP contribution in [0.1, 0.15) is 31.2 Å². The molecule has 2 aromatic rings. The first-order chi connectivity index (χ1) is 15.7. The number of thioether (sulfide) groups is 1. The van der Waals surface area contributed by atoms with E-state index in [1.807, 2.05) is 12.1 Å². The lowest BCUT2D eigenvalue weighted by Gasteiger charge is -2.31. The van der Waals surface area contributed by atoms with Gasteiger partial charge in [0.1, 0.15) is 0 Å². The number of piperidine rings is 1. The van der Waals surface area contributed by atoms with Gasteiger partial charge in [0.15, 0.2) is 0 Å². The Morgan fingerprint density at radius 1 is 1.00 bits per heavy atom. The third-order valence-corrected chi connectivity index (χ3v) is 8.81. The van der Waals surface area contributed by atoms with Crippen LogP contribution >= 0.6 is 11.8 Å². The highest BCUT2D eigenvalue weighted by atomic mass is 32.2. The molecule has 0 aliphatic carbocycles. The largest absolute Gasteiger partial charge is 0.416 e. The van der Waals surface area contributed by atoms with Crippen molar-refractivity contribution in [1.29, 1.82) is 0 Å². The Hall–Kier alpha value is -1.91. The molecule has 2 heterocycles. The fraction of sp³-hybridized carbons (Fsp3) is 0.478. The normalized spacial score (nSPS) is 17.6. The van der Waals surface area contributed by atoms with Crippen LogP contribution in [0.25, 0.3) is 0 Å². The second kappa shape index (κ2) is 10.1. The fourth-order valence-corrected chi connectivity index (χ4v) is 6.90. The number of sulfonamides is 1. The molecule has 0 bridgehead atoms. The Morgan fingerprint density at radius 3 is 2.55 bits per heavy atom. The smallest absolute Gasteiger partial charge is 0.385 e. The van der Waals surface area contributed by atoms with E-state index < -0.39 is 21.8 Å². The minimum Gasteiger partial charge on any atom is -0.385 e. The van der Waals surface area contributed by atoms with E-state index in [1.54, 1.807) is 17.8 Å². The van der Waals surface area contributed by atoms with E-state index in [9.17, 15) is 21.6 Å². The summed E-state index contributed by atoms with van der Waals surface area (Å²) in [7, 11) is -4.13. The first-order valence-corrected chi connectivity index (χ1v) is 13.6. The fourth-order valence-electron chi connectivity index (χ4n) is 4.23. The first-order valence-electron chi connectivity index (χ1n) is 11.2. The van der Waals surface area contributed by atoms with Gasteiger partial charge in [0.2, 0.25) is 0 Å². The summed E-state index contributed by atoms with van der Waals surface area (Å²) < 4.78 is 67.2. The van der Waals surface area contributed by atoms with Crippen molar-refractivity contribution in [2.75, 3.05) is 48.1 Å². The lowest BCUT2D eigenvalue weighted by atomic mass is 10.1. The van der Waals surface area contributed by atoms with Crippen LogP contribution in [0, 0.1) is 0 Å². The molecule has 2 aromatic carbocycles. The van der Waals surface area contributed by atoms with Crippen LogP contribution in [0.2, 0.25) is 0 Å². The molecule has 0 amide bonds. The van der Waals surface area contributed by atoms with Gasteiger partial charge in [-0.1, -0.05) is 12.5 Å². The van der Waals surface area contributed by atoms with Gasteiger partial charge in [-0.3, -0.25) is 4.31 Å². The molecule has 2 aliphatic heterocycles. The van der Waals surface area contributed by atoms with Gasteiger partial charge in [0.25, 0.3) is 10.0 Å². The molecule has 33 heavy (non-hydrogen) atoms. The van der Waals surface area contributed by atoms with Gasteiger partial charge < -0.3 is 10.2 Å². The molecular formula is C23H28F3N3O2S2. The third kappa shape index (κ3) is 5.78. The van der Waals surface area contributed by atoms with Crippen molar-refractivity contribution in [1.82, 2.24) is 4.90 Å². The summed E-state index contributed by atoms with van der Waals surface area (Å²) >= 11 is 1.55. The maximum Gasteiger partial charge on any atom is 0.416 e. The summed E-state index contributed by atoms with van der Waals surface area (Å²) in [6, 6.07) is 9.52. The molecule has 0 aromatic heterocycles. The molecule has 1 saturated heterocycles. The molecule has 1 fully saturated rings. The van der Waals surface area contributed by atoms with Gasteiger partial charge in [-0.2, -0.15) is 13.2 Å². The Morgan fingerprint density at radius 2 is 1.79 bits per heavy atom. The zero-order chi connectivity index (χ0) is 23.5. The Kier molecular flexibility index (Phi) is 7.45. The summed E-state index contributed by atoms with van der Waals surface area (Å²) in [5, 5.41) is 3.37. The Balaban J connectivity index is 1.49. The van der Waals surface area contributed by atoms with Crippen molar-refractivity contribution in [3.8, 4) is 0 Å². The Bertz CT molecular complexity index is 1070. The molecule has 180 valence electrons. The quantitative estimate of drug-likeness (QED) is 0.525. The predicted octanol–water partition coefficient (Wildman–Crippen LogP) is 5.29. The second-order valence-electron chi connectivity index (χ2n) is 8.32. The van der Waals surface area contributed by atoms with Crippen molar-refractivity contribution in [2.45, 2.75) is 41.7 Å². The summed E-state index contributed by atoms with van der Waals surface area (Å²) in [4.78, 5) is 2.92. The number of hydrogen-bond donors (Lipinski definition) is 1. The number of halogens is 3. The minimum atomic E-state index is -4.60. The topological polar surface area (TPSA) is 52.7 Å². The second-order valence-corrected chi connectivity index (χ2v) is 11.3. The Labute approximate surface area is 197 Å². The molecule has 5 nitrogen and oxygen atoms in total. The maximum absolute atomic E-state index is 13.3. The van der Waals surface area contributed by atoms with Crippen LogP contribution in [0.3, 0.4) is 0 Å². The number of anilines is 2. The molecule has 0 spiro atoms. The monoisotopic (exact) mass is 499 g/mol. The molecule has 0 saturated carbocycles. The van der Waals surface area contributed by atoms with Crippen molar-refractivity contribution >= 4 is 33.2 Å². The first kappa shape index (κ1) is 24.2. The van der Waals surface area contributed by atoms with E-state index in [1.165, 1.54) is 29.6 Å². The van der Waals surface area contributed by atoms with Gasteiger partial charge in [-0.05, 0) is 75.3 Å². The minimum absolute atomic E-state index is 0.203. The highest BCUT2D eigenvalue weighted by Gasteiger charge is 2.34. The molecule has 4 rings (SSSR count). The average Bonchev–Trinajstić information content (AvgIpc) is 2.81. The summed E-state index contributed by atoms with van der Waals surface area (Å²) in [5.41, 5.74) is 0.336. The van der Waals surface area contributed by atoms with E-state index in [0.29, 0.717) is 17.5 Å². The molecular weight excluding hydrogens is 471 g/mol.